The van der Waals surface area contributed by atoms with Crippen LogP contribution in [0.2, 0.25) is 0 Å². The van der Waals surface area contributed by atoms with Gasteiger partial charge in [-0.3, -0.25) is 9.59 Å². The highest BCUT2D eigenvalue weighted by molar-refractivity contribution is 5.80. The van der Waals surface area contributed by atoms with Gasteiger partial charge < -0.3 is 24.2 Å². The summed E-state index contributed by atoms with van der Waals surface area (Å²) in [7, 11) is 5.44. The fourth-order valence-corrected chi connectivity index (χ4v) is 3.34. The highest BCUT2D eigenvalue weighted by atomic mass is 16.6. The Morgan fingerprint density at radius 1 is 1.03 bits per heavy atom. The number of benzene rings is 2. The third-order valence-corrected chi connectivity index (χ3v) is 5.20. The van der Waals surface area contributed by atoms with Crippen LogP contribution < -0.4 is 9.47 Å². The zero-order valence-corrected chi connectivity index (χ0v) is 20.0. The van der Waals surface area contributed by atoms with Crippen LogP contribution in [0.4, 0.5) is 0 Å². The molecule has 0 aliphatic carbocycles. The first-order chi connectivity index (χ1) is 15.8. The number of aliphatic hydroxyl groups excluding tert-OH is 1. The smallest absolute Gasteiger partial charge is 0.306 e. The van der Waals surface area contributed by atoms with Crippen LogP contribution in [0.25, 0.3) is 0 Å². The Balaban J connectivity index is 1.94. The predicted molar refractivity (Wildman–Crippen MR) is 127 cm³/mol. The summed E-state index contributed by atoms with van der Waals surface area (Å²) < 4.78 is 16.8. The molecule has 0 aromatic heterocycles. The van der Waals surface area contributed by atoms with Crippen molar-refractivity contribution in [3.8, 4) is 11.5 Å². The minimum absolute atomic E-state index is 0.0247. The lowest BCUT2D eigenvalue weighted by Crippen LogP contribution is -2.35. The Hall–Kier alpha value is -2.90. The number of hydrogen-bond acceptors (Lipinski definition) is 7. The van der Waals surface area contributed by atoms with Gasteiger partial charge in [0.05, 0.1) is 7.11 Å². The van der Waals surface area contributed by atoms with Crippen molar-refractivity contribution in [2.75, 3.05) is 34.4 Å². The molecule has 0 bridgehead atoms. The van der Waals surface area contributed by atoms with Gasteiger partial charge >= 0.3 is 5.97 Å². The normalized spacial score (nSPS) is 12.8. The Morgan fingerprint density at radius 2 is 1.73 bits per heavy atom. The molecule has 0 aliphatic heterocycles. The molecular weight excluding hydrogens is 422 g/mol. The van der Waals surface area contributed by atoms with Gasteiger partial charge in [-0.2, -0.15) is 0 Å². The summed E-state index contributed by atoms with van der Waals surface area (Å²) >= 11 is 0. The van der Waals surface area contributed by atoms with Crippen molar-refractivity contribution in [1.29, 1.82) is 0 Å². The summed E-state index contributed by atoms with van der Waals surface area (Å²) in [5.74, 6) is 0.776. The van der Waals surface area contributed by atoms with Crippen molar-refractivity contribution in [2.24, 2.45) is 0 Å². The topological polar surface area (TPSA) is 85.3 Å². The molecule has 0 saturated heterocycles. The lowest BCUT2D eigenvalue weighted by molar-refractivity contribution is -0.152. The van der Waals surface area contributed by atoms with Crippen LogP contribution in [-0.2, 0) is 27.2 Å². The largest absolute Gasteiger partial charge is 0.497 e. The third-order valence-electron chi connectivity index (χ3n) is 5.20. The summed E-state index contributed by atoms with van der Waals surface area (Å²) in [5.41, 5.74) is 2.28. The van der Waals surface area contributed by atoms with Gasteiger partial charge in [0.25, 0.3) is 0 Å². The first kappa shape index (κ1) is 26.4. The van der Waals surface area contributed by atoms with E-state index in [1.807, 2.05) is 55.4 Å². The number of aryl methyl sites for hydroxylation is 2. The highest BCUT2D eigenvalue weighted by Gasteiger charge is 2.19. The molecule has 0 spiro atoms. The molecule has 33 heavy (non-hydrogen) atoms. The minimum atomic E-state index is -1.14. The van der Waals surface area contributed by atoms with Crippen molar-refractivity contribution in [2.45, 2.75) is 44.8 Å². The molecule has 2 aromatic rings. The Kier molecular flexibility index (Phi) is 10.9. The first-order valence-corrected chi connectivity index (χ1v) is 11.1. The number of rotatable bonds is 14. The number of hydrogen-bond donors (Lipinski definition) is 1. The van der Waals surface area contributed by atoms with Crippen LogP contribution in [0.3, 0.4) is 0 Å². The van der Waals surface area contributed by atoms with Crippen LogP contribution >= 0.6 is 0 Å². The second kappa shape index (κ2) is 13.6. The molecule has 0 unspecified atom stereocenters. The number of nitrogens with zero attached hydrogens (tertiary/aromatic N) is 1. The molecule has 2 atom stereocenters. The van der Waals surface area contributed by atoms with E-state index in [1.165, 1.54) is 12.5 Å². The monoisotopic (exact) mass is 457 g/mol. The molecule has 2 aromatic carbocycles. The first-order valence-electron chi connectivity index (χ1n) is 11.1. The van der Waals surface area contributed by atoms with E-state index in [1.54, 1.807) is 7.11 Å². The van der Waals surface area contributed by atoms with Crippen LogP contribution in [-0.4, -0.2) is 68.3 Å². The fourth-order valence-electron chi connectivity index (χ4n) is 3.34. The van der Waals surface area contributed by atoms with Gasteiger partial charge in [-0.1, -0.05) is 30.3 Å². The molecule has 0 radical (unpaired) electrons. The predicted octanol–water partition coefficient (Wildman–Crippen LogP) is 3.06. The van der Waals surface area contributed by atoms with Crippen molar-refractivity contribution in [3.63, 3.8) is 0 Å². The number of Topliss-reactive ketones (excluding diaryl/α,β-unsaturated/α-hetero) is 1. The Labute approximate surface area is 196 Å². The van der Waals surface area contributed by atoms with Crippen molar-refractivity contribution in [3.05, 3.63) is 59.7 Å². The quantitative estimate of drug-likeness (QED) is 0.437. The van der Waals surface area contributed by atoms with Gasteiger partial charge in [0, 0.05) is 13.0 Å². The van der Waals surface area contributed by atoms with Crippen molar-refractivity contribution < 1.29 is 28.9 Å². The van der Waals surface area contributed by atoms with E-state index in [0.717, 1.165) is 29.9 Å². The van der Waals surface area contributed by atoms with Gasteiger partial charge in [0.2, 0.25) is 0 Å². The van der Waals surface area contributed by atoms with E-state index < -0.39 is 18.2 Å². The molecule has 2 rings (SSSR count). The van der Waals surface area contributed by atoms with E-state index in [4.69, 9.17) is 14.2 Å². The van der Waals surface area contributed by atoms with Gasteiger partial charge in [-0.25, -0.2) is 0 Å². The number of likely N-dealkylation sites (N-methyl/N-ethyl adjacent to an activating group) is 1. The average molecular weight is 458 g/mol. The minimum Gasteiger partial charge on any atom is -0.497 e. The fraction of sp³-hybridized carbons (Fsp3) is 0.462. The Bertz CT molecular complexity index is 881. The molecule has 7 nitrogen and oxygen atoms in total. The second-order valence-corrected chi connectivity index (χ2v) is 8.31. The number of esters is 1. The van der Waals surface area contributed by atoms with E-state index in [-0.39, 0.29) is 25.2 Å². The molecule has 1 N–H and O–H groups in total. The molecule has 0 heterocycles. The average Bonchev–Trinajstić information content (AvgIpc) is 2.80. The van der Waals surface area contributed by atoms with E-state index in [9.17, 15) is 14.7 Å². The lowest BCUT2D eigenvalue weighted by atomic mass is 10.0. The Morgan fingerprint density at radius 3 is 2.36 bits per heavy atom. The van der Waals surface area contributed by atoms with E-state index in [2.05, 4.69) is 12.1 Å². The van der Waals surface area contributed by atoms with Crippen LogP contribution in [0.5, 0.6) is 11.5 Å². The molecule has 180 valence electrons. The zero-order chi connectivity index (χ0) is 24.2. The highest BCUT2D eigenvalue weighted by Crippen LogP contribution is 2.21. The number of ether oxygens (including phenoxy) is 3. The zero-order valence-electron chi connectivity index (χ0n) is 20.0. The summed E-state index contributed by atoms with van der Waals surface area (Å²) in [6.07, 6.45) is 0.0825. The number of methoxy groups -OCH3 is 1. The third kappa shape index (κ3) is 9.63. The number of ketones is 1. The second-order valence-electron chi connectivity index (χ2n) is 8.31. The maximum Gasteiger partial charge on any atom is 0.306 e. The molecule has 0 amide bonds. The van der Waals surface area contributed by atoms with Gasteiger partial charge in [0.15, 0.2) is 5.78 Å². The molecule has 7 heteroatoms. The van der Waals surface area contributed by atoms with Crippen LogP contribution in [0.15, 0.2) is 48.5 Å². The summed E-state index contributed by atoms with van der Waals surface area (Å²) in [6.45, 7) is 2.00. The number of aliphatic hydroxyl groups is 1. The maximum atomic E-state index is 12.2. The van der Waals surface area contributed by atoms with E-state index >= 15 is 0 Å². The van der Waals surface area contributed by atoms with Crippen LogP contribution in [0, 0.1) is 0 Å². The van der Waals surface area contributed by atoms with Gasteiger partial charge in [-0.05, 0) is 69.6 Å². The van der Waals surface area contributed by atoms with Crippen molar-refractivity contribution >= 4 is 11.8 Å². The molecular formula is C26H35NO6. The maximum absolute atomic E-state index is 12.2. The standard InChI is InChI=1S/C26H35NO6/c1-19(28)24(29)15-16-26(30)33-23(17-27(2)3)18-32-25-8-6-5-7-21(25)12-9-20-10-13-22(31-4)14-11-20/h5-8,10-11,13-14,23-24,29H,9,12,15-18H2,1-4H3/t23-,24-/m0/s1. The summed E-state index contributed by atoms with van der Waals surface area (Å²) in [5, 5.41) is 9.60. The molecule has 0 fully saturated rings. The number of para-hydroxylation sites is 1. The lowest BCUT2D eigenvalue weighted by Gasteiger charge is -2.23. The van der Waals surface area contributed by atoms with E-state index in [0.29, 0.717) is 6.54 Å². The van der Waals surface area contributed by atoms with Gasteiger partial charge in [0.1, 0.15) is 30.3 Å². The van der Waals surface area contributed by atoms with Crippen molar-refractivity contribution in [1.82, 2.24) is 4.90 Å². The van der Waals surface area contributed by atoms with Crippen LogP contribution in [0.1, 0.15) is 30.9 Å². The van der Waals surface area contributed by atoms with Gasteiger partial charge in [-0.15, -0.1) is 0 Å². The summed E-state index contributed by atoms with van der Waals surface area (Å²) in [4.78, 5) is 25.3. The summed E-state index contributed by atoms with van der Waals surface area (Å²) in [6, 6.07) is 15.9. The number of carbonyl (C=O) groups excluding carboxylic acids is 2. The number of carbonyl (C=O) groups is 2. The molecule has 0 aliphatic rings. The molecule has 0 saturated carbocycles. The SMILES string of the molecule is COc1ccc(CCc2ccccc2OC[C@H](CN(C)C)OC(=O)CC[C@H](O)C(C)=O)cc1.